The number of phosphoric acid groups is 1. The highest BCUT2D eigenvalue weighted by molar-refractivity contribution is 7.45. The van der Waals surface area contributed by atoms with E-state index < -0.39 is 26.5 Å². The molecule has 0 aromatic rings. The normalized spacial score (nSPS) is 13.8. The first-order valence-corrected chi connectivity index (χ1v) is 31.1. The number of esters is 2. The van der Waals surface area contributed by atoms with Crippen LogP contribution in [-0.2, 0) is 32.7 Å². The molecule has 0 saturated heterocycles. The molecule has 0 radical (unpaired) electrons. The minimum Gasteiger partial charge on any atom is -0.756 e. The van der Waals surface area contributed by atoms with Crippen LogP contribution in [0.4, 0.5) is 0 Å². The fraction of sp³-hybridized carbons (Fsp3) is 0.774. The van der Waals surface area contributed by atoms with Gasteiger partial charge in [0.15, 0.2) is 6.10 Å². The van der Waals surface area contributed by atoms with Gasteiger partial charge in [0, 0.05) is 12.8 Å². The van der Waals surface area contributed by atoms with Crippen LogP contribution in [0.5, 0.6) is 0 Å². The quantitative estimate of drug-likeness (QED) is 0.0195. The summed E-state index contributed by atoms with van der Waals surface area (Å²) in [4.78, 5) is 37.6. The van der Waals surface area contributed by atoms with E-state index >= 15 is 0 Å². The number of phosphoric ester groups is 1. The summed E-state index contributed by atoms with van der Waals surface area (Å²) in [5, 5.41) is 0. The number of hydrogen-bond acceptors (Lipinski definition) is 8. The Morgan fingerprint density at radius 1 is 0.444 bits per heavy atom. The van der Waals surface area contributed by atoms with Gasteiger partial charge in [0.05, 0.1) is 27.7 Å². The third kappa shape index (κ3) is 56.7. The predicted molar refractivity (Wildman–Crippen MR) is 305 cm³/mol. The summed E-state index contributed by atoms with van der Waals surface area (Å²) in [5.41, 5.74) is 0. The van der Waals surface area contributed by atoms with Gasteiger partial charge in [0.2, 0.25) is 0 Å². The minimum atomic E-state index is -4.63. The summed E-state index contributed by atoms with van der Waals surface area (Å²) in [7, 11) is 1.17. The van der Waals surface area contributed by atoms with Gasteiger partial charge in [0.1, 0.15) is 19.8 Å². The van der Waals surface area contributed by atoms with E-state index in [0.29, 0.717) is 17.4 Å². The van der Waals surface area contributed by atoms with Crippen molar-refractivity contribution in [1.29, 1.82) is 0 Å². The number of allylic oxidation sites excluding steroid dienone is 12. The molecule has 10 heteroatoms. The lowest BCUT2D eigenvalue weighted by molar-refractivity contribution is -0.870. The second-order valence-electron chi connectivity index (χ2n) is 21.0. The van der Waals surface area contributed by atoms with Crippen LogP contribution in [0, 0.1) is 0 Å². The van der Waals surface area contributed by atoms with Crippen LogP contribution < -0.4 is 4.89 Å². The second kappa shape index (κ2) is 53.3. The molecule has 2 atom stereocenters. The molecule has 418 valence electrons. The molecule has 0 aromatic carbocycles. The lowest BCUT2D eigenvalue weighted by Gasteiger charge is -2.28. The largest absolute Gasteiger partial charge is 0.756 e. The van der Waals surface area contributed by atoms with E-state index in [1.807, 2.05) is 21.1 Å². The van der Waals surface area contributed by atoms with Crippen molar-refractivity contribution in [2.75, 3.05) is 47.5 Å². The highest BCUT2D eigenvalue weighted by Crippen LogP contribution is 2.38. The van der Waals surface area contributed by atoms with Crippen molar-refractivity contribution in [2.45, 2.75) is 264 Å². The van der Waals surface area contributed by atoms with Gasteiger partial charge >= 0.3 is 11.9 Å². The molecule has 0 spiro atoms. The van der Waals surface area contributed by atoms with Crippen molar-refractivity contribution < 1.29 is 42.1 Å². The Morgan fingerprint density at radius 3 is 1.18 bits per heavy atom. The molecule has 0 amide bonds. The van der Waals surface area contributed by atoms with Gasteiger partial charge in [-0.05, 0) is 64.2 Å². The number of quaternary nitrogens is 1. The number of unbranched alkanes of at least 4 members (excludes halogenated alkanes) is 28. The Balaban J connectivity index is 3.87. The van der Waals surface area contributed by atoms with Crippen molar-refractivity contribution in [3.8, 4) is 0 Å². The number of carbonyl (C=O) groups is 2. The third-order valence-corrected chi connectivity index (χ3v) is 13.7. The van der Waals surface area contributed by atoms with Crippen LogP contribution in [-0.4, -0.2) is 70.0 Å². The van der Waals surface area contributed by atoms with Gasteiger partial charge in [0.25, 0.3) is 7.82 Å². The summed E-state index contributed by atoms with van der Waals surface area (Å²) >= 11 is 0. The van der Waals surface area contributed by atoms with Gasteiger partial charge in [-0.1, -0.05) is 254 Å². The van der Waals surface area contributed by atoms with Gasteiger partial charge in [-0.3, -0.25) is 14.2 Å². The second-order valence-corrected chi connectivity index (χ2v) is 22.4. The molecule has 0 bridgehead atoms. The highest BCUT2D eigenvalue weighted by atomic mass is 31.2. The Morgan fingerprint density at radius 2 is 0.792 bits per heavy atom. The summed E-state index contributed by atoms with van der Waals surface area (Å²) in [5.74, 6) is -0.828. The maximum Gasteiger partial charge on any atom is 0.306 e. The number of likely N-dealkylation sites (N-methyl/N-ethyl adjacent to an activating group) is 1. The van der Waals surface area contributed by atoms with Gasteiger partial charge < -0.3 is 27.9 Å². The topological polar surface area (TPSA) is 111 Å². The lowest BCUT2D eigenvalue weighted by atomic mass is 10.0. The molecule has 0 heterocycles. The molecule has 0 rings (SSSR count). The molecule has 0 aliphatic heterocycles. The molecule has 0 aliphatic rings. The first kappa shape index (κ1) is 69.5. The van der Waals surface area contributed by atoms with Crippen molar-refractivity contribution in [3.05, 3.63) is 72.9 Å². The first-order chi connectivity index (χ1) is 35.0. The van der Waals surface area contributed by atoms with E-state index in [9.17, 15) is 19.0 Å². The molecule has 0 aromatic heterocycles. The van der Waals surface area contributed by atoms with Crippen LogP contribution in [0.25, 0.3) is 0 Å². The molecular formula is C62H112NO8P. The molecule has 0 N–H and O–H groups in total. The van der Waals surface area contributed by atoms with Gasteiger partial charge in [-0.2, -0.15) is 0 Å². The zero-order chi connectivity index (χ0) is 52.7. The standard InChI is InChI=1S/C62H112NO8P/c1-6-8-10-12-14-16-17-18-19-20-21-22-23-24-25-26-27-28-29-30-31-32-33-34-35-36-37-38-39-40-41-42-43-44-45-47-49-51-53-55-62(65)71-60(59-70-72(66,67)69-57-56-63(3,4)5)58-68-61(64)54-52-50-48-46-15-13-11-9-7-2/h8,10,14,16,18-19,21-22,24-25,27-28,60H,6-7,9,11-13,15,17,20,23,26,29-59H2,1-5H3/b10-8-,16-14-,19-18-,22-21-,25-24-,28-27-. The van der Waals surface area contributed by atoms with E-state index in [1.165, 1.54) is 148 Å². The van der Waals surface area contributed by atoms with E-state index in [2.05, 4.69) is 86.8 Å². The number of ether oxygens (including phenoxy) is 2. The van der Waals surface area contributed by atoms with Crippen molar-refractivity contribution in [3.63, 3.8) is 0 Å². The fourth-order valence-corrected chi connectivity index (χ4v) is 8.92. The molecule has 0 saturated carbocycles. The molecule has 0 aliphatic carbocycles. The Hall–Kier alpha value is -2.55. The van der Waals surface area contributed by atoms with Crippen molar-refractivity contribution in [1.82, 2.24) is 0 Å². The van der Waals surface area contributed by atoms with Crippen LogP contribution >= 0.6 is 7.82 Å². The number of hydrogen-bond donors (Lipinski definition) is 0. The highest BCUT2D eigenvalue weighted by Gasteiger charge is 2.22. The van der Waals surface area contributed by atoms with Crippen molar-refractivity contribution in [2.24, 2.45) is 0 Å². The molecule has 0 fully saturated rings. The maximum atomic E-state index is 12.7. The first-order valence-electron chi connectivity index (χ1n) is 29.6. The third-order valence-electron chi connectivity index (χ3n) is 12.7. The monoisotopic (exact) mass is 1030 g/mol. The number of carbonyl (C=O) groups excluding carboxylic acids is 2. The summed E-state index contributed by atoms with van der Waals surface area (Å²) in [6.07, 6.45) is 69.9. The van der Waals surface area contributed by atoms with Crippen LogP contribution in [0.1, 0.15) is 258 Å². The van der Waals surface area contributed by atoms with Crippen LogP contribution in [0.15, 0.2) is 72.9 Å². The SMILES string of the molecule is CC/C=C\C/C=C\C/C=C\C/C=C\C/C=C\C/C=C\CCCCCCCCCCCCCCCCCCCCCCC(=O)OC(COC(=O)CCCCCCCCCCC)COP(=O)([O-])OCC[N+](C)(C)C. The summed E-state index contributed by atoms with van der Waals surface area (Å²) in [6.45, 7) is 4.11. The lowest BCUT2D eigenvalue weighted by Crippen LogP contribution is -2.37. The molecular weight excluding hydrogens is 918 g/mol. The smallest absolute Gasteiger partial charge is 0.306 e. The Kier molecular flexibility index (Phi) is 51.4. The Bertz CT molecular complexity index is 1450. The fourth-order valence-electron chi connectivity index (χ4n) is 8.19. The maximum absolute atomic E-state index is 12.7. The molecule has 9 nitrogen and oxygen atoms in total. The molecule has 72 heavy (non-hydrogen) atoms. The Labute approximate surface area is 444 Å². The van der Waals surface area contributed by atoms with E-state index in [0.717, 1.165) is 77.0 Å². The summed E-state index contributed by atoms with van der Waals surface area (Å²) < 4.78 is 34.0. The van der Waals surface area contributed by atoms with Gasteiger partial charge in [-0.25, -0.2) is 0 Å². The van der Waals surface area contributed by atoms with E-state index in [4.69, 9.17) is 18.5 Å². The average Bonchev–Trinajstić information content (AvgIpc) is 3.34. The number of nitrogens with zero attached hydrogens (tertiary/aromatic N) is 1. The van der Waals surface area contributed by atoms with Crippen LogP contribution in [0.2, 0.25) is 0 Å². The zero-order valence-corrected chi connectivity index (χ0v) is 48.3. The van der Waals surface area contributed by atoms with Gasteiger partial charge in [-0.15, -0.1) is 0 Å². The van der Waals surface area contributed by atoms with E-state index in [1.54, 1.807) is 0 Å². The van der Waals surface area contributed by atoms with E-state index in [-0.39, 0.29) is 32.0 Å². The van der Waals surface area contributed by atoms with Crippen LogP contribution in [0.3, 0.4) is 0 Å². The minimum absolute atomic E-state index is 0.0297. The summed E-state index contributed by atoms with van der Waals surface area (Å²) in [6, 6.07) is 0. The predicted octanol–water partition coefficient (Wildman–Crippen LogP) is 17.8. The zero-order valence-electron chi connectivity index (χ0n) is 47.4. The number of rotatable bonds is 54. The average molecular weight is 1030 g/mol. The molecule has 2 unspecified atom stereocenters. The van der Waals surface area contributed by atoms with Crippen molar-refractivity contribution >= 4 is 19.8 Å².